The molecule has 4 heteroatoms. The van der Waals surface area contributed by atoms with E-state index in [4.69, 9.17) is 4.74 Å². The molecule has 120 valence electrons. The summed E-state index contributed by atoms with van der Waals surface area (Å²) in [6.45, 7) is 1.98. The number of benzene rings is 1. The highest BCUT2D eigenvalue weighted by atomic mass is 32.1. The summed E-state index contributed by atoms with van der Waals surface area (Å²) in [6, 6.07) is 12.7. The molecule has 0 amide bonds. The lowest BCUT2D eigenvalue weighted by molar-refractivity contribution is 0.196. The first-order valence-corrected chi connectivity index (χ1v) is 8.66. The van der Waals surface area contributed by atoms with Crippen LogP contribution in [0.4, 0.5) is 0 Å². The molecule has 0 radical (unpaired) electrons. The van der Waals surface area contributed by atoms with Gasteiger partial charge < -0.3 is 15.0 Å². The molecule has 1 N–H and O–H groups in total. The Balaban J connectivity index is 2.12. The molecule has 3 nitrogen and oxygen atoms in total. The summed E-state index contributed by atoms with van der Waals surface area (Å²) in [7, 11) is 6.19. The number of rotatable bonds is 9. The van der Waals surface area contributed by atoms with Crippen LogP contribution < -0.4 is 10.1 Å². The topological polar surface area (TPSA) is 24.5 Å². The van der Waals surface area contributed by atoms with Crippen molar-refractivity contribution in [3.8, 4) is 5.75 Å². The predicted molar refractivity (Wildman–Crippen MR) is 94.9 cm³/mol. The molecular formula is C18H26N2OS. The van der Waals surface area contributed by atoms with Crippen molar-refractivity contribution in [1.29, 1.82) is 0 Å². The molecule has 0 bridgehead atoms. The second kappa shape index (κ2) is 8.93. The van der Waals surface area contributed by atoms with Crippen LogP contribution in [0.1, 0.15) is 23.0 Å². The molecule has 2 aromatic rings. The number of hydrogen-bond acceptors (Lipinski definition) is 4. The molecule has 22 heavy (non-hydrogen) atoms. The molecule has 1 aromatic carbocycles. The van der Waals surface area contributed by atoms with Crippen LogP contribution in [0, 0.1) is 0 Å². The smallest absolute Gasteiger partial charge is 0.134 e. The van der Waals surface area contributed by atoms with E-state index >= 15 is 0 Å². The lowest BCUT2D eigenvalue weighted by Crippen LogP contribution is -2.17. The number of nitrogens with zero attached hydrogens (tertiary/aromatic N) is 1. The average Bonchev–Trinajstić information content (AvgIpc) is 3.04. The molecule has 0 aliphatic carbocycles. The SMILES string of the molecule is CNCC[C@@H](Oc1ccccc1CCN(C)C)c1cccs1. The van der Waals surface area contributed by atoms with E-state index in [-0.39, 0.29) is 6.10 Å². The Bertz CT molecular complexity index is 540. The van der Waals surface area contributed by atoms with Gasteiger partial charge in [0.2, 0.25) is 0 Å². The van der Waals surface area contributed by atoms with Crippen molar-refractivity contribution < 1.29 is 4.74 Å². The van der Waals surface area contributed by atoms with Crippen LogP contribution >= 0.6 is 11.3 Å². The number of para-hydroxylation sites is 1. The molecule has 0 saturated carbocycles. The molecule has 1 heterocycles. The van der Waals surface area contributed by atoms with Crippen LogP contribution in [0.3, 0.4) is 0 Å². The molecule has 1 aromatic heterocycles. The van der Waals surface area contributed by atoms with Gasteiger partial charge in [-0.15, -0.1) is 11.3 Å². The average molecular weight is 318 g/mol. The van der Waals surface area contributed by atoms with E-state index in [1.807, 2.05) is 7.05 Å². The van der Waals surface area contributed by atoms with Crippen molar-refractivity contribution in [3.63, 3.8) is 0 Å². The van der Waals surface area contributed by atoms with E-state index in [1.165, 1.54) is 10.4 Å². The van der Waals surface area contributed by atoms with Gasteiger partial charge in [-0.05, 0) is 57.2 Å². The van der Waals surface area contributed by atoms with Crippen LogP contribution in [0.15, 0.2) is 41.8 Å². The van der Waals surface area contributed by atoms with Crippen molar-refractivity contribution in [3.05, 3.63) is 52.2 Å². The lowest BCUT2D eigenvalue weighted by atomic mass is 10.1. The zero-order valence-corrected chi connectivity index (χ0v) is 14.5. The normalized spacial score (nSPS) is 12.5. The Morgan fingerprint density at radius 2 is 2.00 bits per heavy atom. The van der Waals surface area contributed by atoms with Gasteiger partial charge in [-0.1, -0.05) is 24.3 Å². The first kappa shape index (κ1) is 17.0. The van der Waals surface area contributed by atoms with Gasteiger partial charge in [0, 0.05) is 17.8 Å². The van der Waals surface area contributed by atoms with Gasteiger partial charge in [-0.2, -0.15) is 0 Å². The van der Waals surface area contributed by atoms with Gasteiger partial charge in [0.05, 0.1) is 0 Å². The zero-order chi connectivity index (χ0) is 15.8. The van der Waals surface area contributed by atoms with Crippen LogP contribution in [0.2, 0.25) is 0 Å². The molecule has 2 rings (SSSR count). The third-order valence-electron chi connectivity index (χ3n) is 3.59. The summed E-state index contributed by atoms with van der Waals surface area (Å²) in [4.78, 5) is 3.49. The fourth-order valence-electron chi connectivity index (χ4n) is 2.33. The number of ether oxygens (including phenoxy) is 1. The molecular weight excluding hydrogens is 292 g/mol. The molecule has 0 fully saturated rings. The molecule has 0 aliphatic rings. The Hall–Kier alpha value is -1.36. The summed E-state index contributed by atoms with van der Waals surface area (Å²) in [5.41, 5.74) is 1.28. The van der Waals surface area contributed by atoms with Crippen LogP contribution in [0.5, 0.6) is 5.75 Å². The molecule has 0 unspecified atom stereocenters. The minimum Gasteiger partial charge on any atom is -0.485 e. The van der Waals surface area contributed by atoms with Crippen molar-refractivity contribution in [2.75, 3.05) is 34.2 Å². The lowest BCUT2D eigenvalue weighted by Gasteiger charge is -2.21. The summed E-state index contributed by atoms with van der Waals surface area (Å²) in [5, 5.41) is 5.33. The summed E-state index contributed by atoms with van der Waals surface area (Å²) in [6.07, 6.45) is 2.10. The van der Waals surface area contributed by atoms with E-state index in [9.17, 15) is 0 Å². The molecule has 0 saturated heterocycles. The number of hydrogen-bond donors (Lipinski definition) is 1. The monoisotopic (exact) mass is 318 g/mol. The van der Waals surface area contributed by atoms with Crippen molar-refractivity contribution in [2.24, 2.45) is 0 Å². The number of nitrogens with one attached hydrogen (secondary N) is 1. The Labute approximate surface area is 137 Å². The van der Waals surface area contributed by atoms with E-state index in [1.54, 1.807) is 11.3 Å². The maximum atomic E-state index is 6.38. The van der Waals surface area contributed by atoms with Gasteiger partial charge in [0.1, 0.15) is 11.9 Å². The molecule has 0 aliphatic heterocycles. The van der Waals surface area contributed by atoms with Crippen molar-refractivity contribution in [2.45, 2.75) is 18.9 Å². The summed E-state index contributed by atoms with van der Waals surface area (Å²) >= 11 is 1.76. The third kappa shape index (κ3) is 5.13. The minimum absolute atomic E-state index is 0.118. The van der Waals surface area contributed by atoms with Crippen molar-refractivity contribution in [1.82, 2.24) is 10.2 Å². The maximum Gasteiger partial charge on any atom is 0.134 e. The van der Waals surface area contributed by atoms with Crippen LogP contribution in [-0.2, 0) is 6.42 Å². The number of thiophene rings is 1. The molecule has 0 spiro atoms. The Morgan fingerprint density at radius 1 is 1.18 bits per heavy atom. The second-order valence-corrected chi connectivity index (χ2v) is 6.65. The van der Waals surface area contributed by atoms with Crippen LogP contribution in [0.25, 0.3) is 0 Å². The second-order valence-electron chi connectivity index (χ2n) is 5.68. The molecule has 1 atom stereocenters. The van der Waals surface area contributed by atoms with E-state index in [0.29, 0.717) is 0 Å². The fourth-order valence-corrected chi connectivity index (χ4v) is 3.12. The first-order valence-electron chi connectivity index (χ1n) is 7.78. The zero-order valence-electron chi connectivity index (χ0n) is 13.7. The van der Waals surface area contributed by atoms with Crippen LogP contribution in [-0.4, -0.2) is 39.1 Å². The Kier molecular flexibility index (Phi) is 6.90. The third-order valence-corrected chi connectivity index (χ3v) is 4.55. The largest absolute Gasteiger partial charge is 0.485 e. The highest BCUT2D eigenvalue weighted by molar-refractivity contribution is 7.10. The fraction of sp³-hybridized carbons (Fsp3) is 0.444. The quantitative estimate of drug-likeness (QED) is 0.765. The van der Waals surface area contributed by atoms with E-state index in [0.717, 1.165) is 31.7 Å². The predicted octanol–water partition coefficient (Wildman–Crippen LogP) is 3.58. The first-order chi connectivity index (χ1) is 10.7. The summed E-state index contributed by atoms with van der Waals surface area (Å²) < 4.78 is 6.38. The highest BCUT2D eigenvalue weighted by Crippen LogP contribution is 2.30. The van der Waals surface area contributed by atoms with Crippen molar-refractivity contribution >= 4 is 11.3 Å². The maximum absolute atomic E-state index is 6.38. The highest BCUT2D eigenvalue weighted by Gasteiger charge is 2.16. The van der Waals surface area contributed by atoms with Gasteiger partial charge in [0.15, 0.2) is 0 Å². The van der Waals surface area contributed by atoms with Gasteiger partial charge in [-0.25, -0.2) is 0 Å². The van der Waals surface area contributed by atoms with E-state index < -0.39 is 0 Å². The van der Waals surface area contributed by atoms with Gasteiger partial charge in [-0.3, -0.25) is 0 Å². The number of likely N-dealkylation sites (N-methyl/N-ethyl adjacent to an activating group) is 1. The van der Waals surface area contributed by atoms with Gasteiger partial charge in [0.25, 0.3) is 0 Å². The standard InChI is InChI=1S/C18H26N2OS/c1-19-12-10-17(18-9-6-14-22-18)21-16-8-5-4-7-15(16)11-13-20(2)3/h4-9,14,17,19H,10-13H2,1-3H3/t17-/m1/s1. The van der Waals surface area contributed by atoms with Gasteiger partial charge >= 0.3 is 0 Å². The van der Waals surface area contributed by atoms with E-state index in [2.05, 4.69) is 66.1 Å². The Morgan fingerprint density at radius 3 is 2.68 bits per heavy atom. The minimum atomic E-state index is 0.118. The summed E-state index contributed by atoms with van der Waals surface area (Å²) in [5.74, 6) is 1.01.